The molecule has 0 heterocycles. The molecule has 0 atom stereocenters. The largest absolute Gasteiger partial charge is 0.207 e. The van der Waals surface area contributed by atoms with Crippen molar-refractivity contribution in [2.45, 2.75) is 168 Å². The number of nitrogens with zero attached hydrogens (tertiary/aromatic N) is 1. The summed E-state index contributed by atoms with van der Waals surface area (Å²) >= 11 is 0. The third-order valence-electron chi connectivity index (χ3n) is 14.2. The smallest absolute Gasteiger partial charge is 0.204 e. The molecule has 5 rings (SSSR count). The van der Waals surface area contributed by atoms with Crippen molar-refractivity contribution < 1.29 is 92.4 Å². The van der Waals surface area contributed by atoms with Crippen LogP contribution in [0, 0.1) is 116 Å². The molecule has 0 aliphatic rings. The summed E-state index contributed by atoms with van der Waals surface area (Å²) in [7, 11) is 0. The van der Waals surface area contributed by atoms with E-state index in [0.717, 1.165) is 0 Å². The van der Waals surface area contributed by atoms with Gasteiger partial charge in [0.05, 0.1) is 0 Å². The highest BCUT2D eigenvalue weighted by Crippen LogP contribution is 2.31. The molecule has 5 aromatic carbocycles. The lowest BCUT2D eigenvalue weighted by Gasteiger charge is -2.44. The van der Waals surface area contributed by atoms with Crippen LogP contribution in [0.4, 0.5) is 93.5 Å². The third kappa shape index (κ3) is 15.5. The summed E-state index contributed by atoms with van der Waals surface area (Å²) in [5.74, 6) is -71.4. The second-order valence-electron chi connectivity index (χ2n) is 19.7. The van der Waals surface area contributed by atoms with Crippen LogP contribution in [0.15, 0.2) is 30.3 Å². The summed E-state index contributed by atoms with van der Waals surface area (Å²) in [6.07, 6.45) is 29.2. The van der Waals surface area contributed by atoms with Gasteiger partial charge in [-0.3, -0.25) is 0 Å². The zero-order valence-corrected chi connectivity index (χ0v) is 44.2. The van der Waals surface area contributed by atoms with E-state index in [4.69, 9.17) is 0 Å². The number of hydrogen-bond acceptors (Lipinski definition) is 0. The normalized spacial score (nSPS) is 11.9. The summed E-state index contributed by atoms with van der Waals surface area (Å²) < 4.78 is 296. The van der Waals surface area contributed by atoms with Gasteiger partial charge in [-0.2, -0.15) is 0 Å². The fourth-order valence-electron chi connectivity index (χ4n) is 10.00. The van der Waals surface area contributed by atoms with Crippen LogP contribution in [0.25, 0.3) is 0 Å². The molecule has 22 heteroatoms. The minimum Gasteiger partial charge on any atom is -0.207 e. The van der Waals surface area contributed by atoms with E-state index in [2.05, 4.69) is 55.0 Å². The Hall–Kier alpha value is -5.57. The molecule has 0 fully saturated rings. The van der Waals surface area contributed by atoms with Crippen molar-refractivity contribution in [1.29, 1.82) is 0 Å². The standard InChI is InChI=1S/C34H62N.C24BF20/c1-3-5-7-9-11-13-15-17-19-21-23-28-32-35(34-30-26-25-27-31-34)33-29-24-22-20-18-16-14-12-10-8-6-4-2;26-5-1(6(27)14(35)21(42)13(5)34)25(2-7(28)15(36)22(43)16(37)8(2)29,3-9(30)17(38)23(44)18(39)10(3)31)4-11(32)19(40)24(45)20(41)12(4)33/h25-27,30-32H,3-24,28-29,33H2,1-2H3;/q+1;-1. The molecule has 0 unspecified atom stereocenters. The molecule has 0 saturated heterocycles. The Morgan fingerprint density at radius 3 is 0.738 bits per heavy atom. The first kappa shape index (κ1) is 66.9. The van der Waals surface area contributed by atoms with Crippen LogP contribution in [-0.4, -0.2) is 23.5 Å². The average Bonchev–Trinajstić information content (AvgIpc) is 3.30. The Labute approximate surface area is 452 Å². The molecule has 442 valence electrons. The first-order valence-electron chi connectivity index (χ1n) is 27.0. The van der Waals surface area contributed by atoms with Crippen molar-refractivity contribution in [1.82, 2.24) is 0 Å². The monoisotopic (exact) mass is 1160 g/mol. The Bertz CT molecular complexity index is 2480. The Morgan fingerprint density at radius 2 is 0.487 bits per heavy atom. The van der Waals surface area contributed by atoms with Gasteiger partial charge in [-0.25, -0.2) is 92.4 Å². The fourth-order valence-corrected chi connectivity index (χ4v) is 10.00. The molecular weight excluding hydrogens is 1100 g/mol. The van der Waals surface area contributed by atoms with Gasteiger partial charge in [0.2, 0.25) is 5.69 Å². The number of hydrogen-bond donors (Lipinski definition) is 0. The first-order valence-corrected chi connectivity index (χ1v) is 27.0. The average molecular weight is 1160 g/mol. The van der Waals surface area contributed by atoms with Crippen molar-refractivity contribution >= 4 is 39.9 Å². The number of para-hydroxylation sites is 1. The number of halogens is 20. The zero-order valence-electron chi connectivity index (χ0n) is 44.2. The van der Waals surface area contributed by atoms with Gasteiger partial charge in [-0.05, 0) is 12.8 Å². The predicted molar refractivity (Wildman–Crippen MR) is 269 cm³/mol. The quantitative estimate of drug-likeness (QED) is 0.00820. The maximum atomic E-state index is 15.4. The molecule has 1 nitrogen and oxygen atoms in total. The highest BCUT2D eigenvalue weighted by molar-refractivity contribution is 7.20. The van der Waals surface area contributed by atoms with Crippen LogP contribution < -0.4 is 21.9 Å². The zero-order chi connectivity index (χ0) is 59.4. The molecule has 5 aromatic rings. The Balaban J connectivity index is 0.000000357. The van der Waals surface area contributed by atoms with E-state index in [1.165, 1.54) is 166 Å². The second kappa shape index (κ2) is 32.2. The van der Waals surface area contributed by atoms with Gasteiger partial charge in [0.25, 0.3) is 0 Å². The Morgan fingerprint density at radius 1 is 0.275 bits per heavy atom. The van der Waals surface area contributed by atoms with E-state index >= 15 is 35.1 Å². The Kier molecular flexibility index (Phi) is 26.9. The molecule has 0 N–H and O–H groups in total. The molecule has 0 aromatic heterocycles. The number of rotatable bonds is 30. The van der Waals surface area contributed by atoms with Crippen molar-refractivity contribution in [3.63, 3.8) is 0 Å². The minimum atomic E-state index is -7.22. The SMILES string of the molecule is CCCCCCCCCCCCCC=[N+](CCCCCCCCCCCCCC)c1ccccc1.Fc1c(F)c(F)c([B-](c2c(F)c(F)c(F)c(F)c2F)(c2c(F)c(F)c(F)c(F)c2F)c2c(F)c(F)c(F)c(F)c2F)c(F)c1F. The highest BCUT2D eigenvalue weighted by Gasteiger charge is 2.52. The molecule has 0 bridgehead atoms. The summed E-state index contributed by atoms with van der Waals surface area (Å²) in [6, 6.07) is 11.0. The van der Waals surface area contributed by atoms with E-state index in [9.17, 15) is 52.7 Å². The molecule has 0 amide bonds. The fraction of sp³-hybridized carbons (Fsp3) is 0.466. The van der Waals surface area contributed by atoms with E-state index < -0.39 is 144 Å². The van der Waals surface area contributed by atoms with Crippen LogP contribution in [0.2, 0.25) is 0 Å². The van der Waals surface area contributed by atoms with Crippen molar-refractivity contribution in [3.05, 3.63) is 147 Å². The summed E-state index contributed by atoms with van der Waals surface area (Å²) in [5, 5.41) is 0. The molecule has 0 aliphatic heterocycles. The lowest BCUT2D eigenvalue weighted by molar-refractivity contribution is -0.437. The topological polar surface area (TPSA) is 3.01 Å². The van der Waals surface area contributed by atoms with Gasteiger partial charge >= 0.3 is 0 Å². The van der Waals surface area contributed by atoms with Crippen LogP contribution >= 0.6 is 0 Å². The molecule has 0 saturated carbocycles. The highest BCUT2D eigenvalue weighted by atomic mass is 19.2. The molecule has 0 aliphatic carbocycles. The van der Waals surface area contributed by atoms with E-state index in [1.54, 1.807) is 0 Å². The molecular formula is C58H62BF20N. The maximum absolute atomic E-state index is 15.4. The van der Waals surface area contributed by atoms with Crippen LogP contribution in [0.5, 0.6) is 0 Å². The van der Waals surface area contributed by atoms with E-state index in [1.807, 2.05) is 0 Å². The van der Waals surface area contributed by atoms with Crippen molar-refractivity contribution in [2.75, 3.05) is 6.54 Å². The number of benzene rings is 5. The van der Waals surface area contributed by atoms with Crippen LogP contribution in [0.3, 0.4) is 0 Å². The van der Waals surface area contributed by atoms with E-state index in [0.29, 0.717) is 0 Å². The lowest BCUT2D eigenvalue weighted by atomic mass is 9.12. The van der Waals surface area contributed by atoms with Gasteiger partial charge in [0, 0.05) is 25.0 Å². The summed E-state index contributed by atoms with van der Waals surface area (Å²) in [5.41, 5.74) is -13.0. The second-order valence-corrected chi connectivity index (χ2v) is 19.7. The molecule has 0 radical (unpaired) electrons. The van der Waals surface area contributed by atoms with Crippen molar-refractivity contribution in [3.8, 4) is 0 Å². The number of unbranched alkanes of at least 4 members (excludes halogenated alkanes) is 22. The van der Waals surface area contributed by atoms with Crippen LogP contribution in [-0.2, 0) is 0 Å². The summed E-state index contributed by atoms with van der Waals surface area (Å²) in [6.45, 7) is 5.78. The van der Waals surface area contributed by atoms with Gasteiger partial charge in [0.1, 0.15) is 65.4 Å². The maximum Gasteiger partial charge on any atom is 0.204 e. The minimum absolute atomic E-state index is 1.18. The van der Waals surface area contributed by atoms with Gasteiger partial charge in [0.15, 0.2) is 69.8 Å². The predicted octanol–water partition coefficient (Wildman–Crippen LogP) is 17.6. The van der Waals surface area contributed by atoms with Gasteiger partial charge in [-0.15, -0.1) is 21.9 Å². The van der Waals surface area contributed by atoms with Gasteiger partial charge in [-0.1, -0.05) is 160 Å². The lowest BCUT2D eigenvalue weighted by Crippen LogP contribution is -2.81. The van der Waals surface area contributed by atoms with Gasteiger partial charge < -0.3 is 0 Å². The molecule has 80 heavy (non-hydrogen) atoms. The molecule has 0 spiro atoms. The van der Waals surface area contributed by atoms with E-state index in [-0.39, 0.29) is 0 Å². The first-order chi connectivity index (χ1) is 38.1. The van der Waals surface area contributed by atoms with Crippen molar-refractivity contribution in [2.24, 2.45) is 0 Å². The van der Waals surface area contributed by atoms with Crippen LogP contribution in [0.1, 0.15) is 168 Å². The third-order valence-corrected chi connectivity index (χ3v) is 14.2. The summed E-state index contributed by atoms with van der Waals surface area (Å²) in [4.78, 5) is 0.